The van der Waals surface area contributed by atoms with Gasteiger partial charge in [0, 0.05) is 0 Å². The Morgan fingerprint density at radius 1 is 0.909 bits per heavy atom. The van der Waals surface area contributed by atoms with Crippen molar-refractivity contribution in [3.63, 3.8) is 0 Å². The lowest BCUT2D eigenvalue weighted by Crippen LogP contribution is -2.64. The second-order valence-electron chi connectivity index (χ2n) is 4.32. The third-order valence-corrected chi connectivity index (χ3v) is 4.93. The van der Waals surface area contributed by atoms with Crippen molar-refractivity contribution >= 4 is 9.84 Å². The summed E-state index contributed by atoms with van der Waals surface area (Å²) in [6.45, 7) is 1.81. The van der Waals surface area contributed by atoms with E-state index in [0.29, 0.717) is 6.92 Å². The van der Waals surface area contributed by atoms with Crippen LogP contribution in [0.25, 0.3) is 0 Å². The monoisotopic (exact) mass is 366 g/mol. The number of rotatable bonds is 6. The van der Waals surface area contributed by atoms with E-state index in [1.807, 2.05) is 0 Å². The first kappa shape index (κ1) is 21.1. The van der Waals surface area contributed by atoms with Gasteiger partial charge < -0.3 is 0 Å². The molecule has 0 fully saturated rings. The highest BCUT2D eigenvalue weighted by molar-refractivity contribution is 7.93. The van der Waals surface area contributed by atoms with Crippen molar-refractivity contribution in [1.82, 2.24) is 0 Å². The van der Waals surface area contributed by atoms with Crippen LogP contribution in [0.4, 0.5) is 39.5 Å². The fourth-order valence-electron chi connectivity index (χ4n) is 1.25. The molecule has 1 unspecified atom stereocenters. The Balaban J connectivity index is 6.01. The molecule has 0 bridgehead atoms. The van der Waals surface area contributed by atoms with E-state index in [9.17, 15) is 47.9 Å². The van der Waals surface area contributed by atoms with Gasteiger partial charge in [-0.2, -0.15) is 39.5 Å². The number of sulfone groups is 1. The third-order valence-electron chi connectivity index (χ3n) is 2.71. The number of allylic oxidation sites excluding steroid dienone is 2. The molecular weight excluding hydrogens is 355 g/mol. The van der Waals surface area contributed by atoms with E-state index in [2.05, 4.69) is 0 Å². The van der Waals surface area contributed by atoms with Crippen molar-refractivity contribution < 1.29 is 47.9 Å². The predicted molar refractivity (Wildman–Crippen MR) is 58.7 cm³/mol. The molecular formula is C10H11F9O2S. The Morgan fingerprint density at radius 2 is 1.32 bits per heavy atom. The van der Waals surface area contributed by atoms with Gasteiger partial charge in [-0.15, -0.1) is 0 Å². The van der Waals surface area contributed by atoms with E-state index >= 15 is 0 Å². The van der Waals surface area contributed by atoms with E-state index in [1.54, 1.807) is 0 Å². The zero-order valence-electron chi connectivity index (χ0n) is 11.1. The molecule has 0 aromatic carbocycles. The number of hydrogen-bond acceptors (Lipinski definition) is 2. The number of halogens is 9. The van der Waals surface area contributed by atoms with Crippen molar-refractivity contribution in [3.05, 3.63) is 12.2 Å². The molecule has 22 heavy (non-hydrogen) atoms. The molecule has 132 valence electrons. The topological polar surface area (TPSA) is 34.1 Å². The van der Waals surface area contributed by atoms with Gasteiger partial charge in [0.25, 0.3) is 0 Å². The first-order chi connectivity index (χ1) is 9.48. The molecule has 0 spiro atoms. The van der Waals surface area contributed by atoms with Crippen LogP contribution in [0.15, 0.2) is 12.2 Å². The summed E-state index contributed by atoms with van der Waals surface area (Å²) >= 11 is 0. The van der Waals surface area contributed by atoms with E-state index in [-0.39, 0.29) is 0 Å². The van der Waals surface area contributed by atoms with Crippen molar-refractivity contribution in [2.45, 2.75) is 48.8 Å². The highest BCUT2D eigenvalue weighted by Crippen LogP contribution is 2.55. The average molecular weight is 366 g/mol. The highest BCUT2D eigenvalue weighted by atomic mass is 32.2. The first-order valence-electron chi connectivity index (χ1n) is 5.53. The summed E-state index contributed by atoms with van der Waals surface area (Å²) in [5.41, 5.74) is 0. The maximum atomic E-state index is 13.3. The summed E-state index contributed by atoms with van der Waals surface area (Å²) in [5, 5.41) is -8.91. The molecule has 0 saturated heterocycles. The lowest BCUT2D eigenvalue weighted by Gasteiger charge is -2.34. The molecule has 1 atom stereocenters. The Labute approximate surface area is 119 Å². The molecule has 0 aromatic heterocycles. The molecule has 0 rings (SSSR count). The van der Waals surface area contributed by atoms with E-state index in [0.717, 1.165) is 12.2 Å². The van der Waals surface area contributed by atoms with E-state index in [4.69, 9.17) is 0 Å². The van der Waals surface area contributed by atoms with Crippen LogP contribution in [0.3, 0.4) is 0 Å². The minimum Gasteiger partial charge on any atom is -0.222 e. The van der Waals surface area contributed by atoms with Gasteiger partial charge in [-0.3, -0.25) is 0 Å². The molecule has 0 aliphatic carbocycles. The van der Waals surface area contributed by atoms with E-state index in [1.165, 1.54) is 6.92 Å². The summed E-state index contributed by atoms with van der Waals surface area (Å²) in [5.74, 6) is -14.4. The molecule has 0 aromatic rings. The largest absolute Gasteiger partial charge is 0.460 e. The van der Waals surface area contributed by atoms with Crippen molar-refractivity contribution in [3.8, 4) is 0 Å². The Bertz CT molecular complexity index is 519. The maximum absolute atomic E-state index is 13.3. The van der Waals surface area contributed by atoms with Gasteiger partial charge in [-0.25, -0.2) is 8.42 Å². The number of alkyl halides is 9. The van der Waals surface area contributed by atoms with Crippen molar-refractivity contribution in [1.29, 1.82) is 0 Å². The standard InChI is InChI=1S/C10H11F9O2S/c1-3-4-5-6(2)22(20,21)10(18,19)8(13,14)7(11,12)9(15,16)17/h3-4,6H,5H2,1-2H3. The van der Waals surface area contributed by atoms with Crippen molar-refractivity contribution in [2.75, 3.05) is 0 Å². The summed E-state index contributed by atoms with van der Waals surface area (Å²) in [6, 6.07) is 0. The predicted octanol–water partition coefficient (Wildman–Crippen LogP) is 4.18. The first-order valence-corrected chi connectivity index (χ1v) is 7.07. The molecule has 0 aliphatic heterocycles. The Morgan fingerprint density at radius 3 is 1.64 bits per heavy atom. The van der Waals surface area contributed by atoms with Gasteiger partial charge in [-0.1, -0.05) is 12.2 Å². The quantitative estimate of drug-likeness (QED) is 0.522. The normalized spacial score (nSPS) is 17.0. The van der Waals surface area contributed by atoms with Crippen LogP contribution in [0, 0.1) is 0 Å². The van der Waals surface area contributed by atoms with Crippen LogP contribution in [0.5, 0.6) is 0 Å². The fourth-order valence-corrected chi connectivity index (χ4v) is 2.60. The van der Waals surface area contributed by atoms with Crippen LogP contribution in [-0.2, 0) is 9.84 Å². The van der Waals surface area contributed by atoms with Gasteiger partial charge in [0.05, 0.1) is 5.25 Å². The van der Waals surface area contributed by atoms with Gasteiger partial charge in [0.15, 0.2) is 0 Å². The fraction of sp³-hybridized carbons (Fsp3) is 0.800. The van der Waals surface area contributed by atoms with Crippen LogP contribution in [0.1, 0.15) is 20.3 Å². The summed E-state index contributed by atoms with van der Waals surface area (Å²) in [7, 11) is -6.33. The molecule has 0 radical (unpaired) electrons. The lowest BCUT2D eigenvalue weighted by atomic mass is 10.1. The highest BCUT2D eigenvalue weighted by Gasteiger charge is 2.85. The minimum atomic E-state index is -7.23. The van der Waals surface area contributed by atoms with Gasteiger partial charge >= 0.3 is 23.3 Å². The zero-order chi connectivity index (χ0) is 18.2. The lowest BCUT2D eigenvalue weighted by molar-refractivity contribution is -0.382. The third kappa shape index (κ3) is 3.06. The second-order valence-corrected chi connectivity index (χ2v) is 6.73. The Hall–Kier alpha value is -0.940. The smallest absolute Gasteiger partial charge is 0.222 e. The maximum Gasteiger partial charge on any atom is 0.460 e. The molecule has 0 heterocycles. The molecule has 0 saturated carbocycles. The van der Waals surface area contributed by atoms with Crippen LogP contribution < -0.4 is 0 Å². The summed E-state index contributed by atoms with van der Waals surface area (Å²) < 4.78 is 136. The van der Waals surface area contributed by atoms with Gasteiger partial charge in [0.2, 0.25) is 9.84 Å². The SMILES string of the molecule is CC=CCC(C)S(=O)(=O)C(F)(F)C(F)(F)C(F)(F)C(F)(F)F. The van der Waals surface area contributed by atoms with Crippen LogP contribution >= 0.6 is 0 Å². The minimum absolute atomic E-state index is 0.491. The van der Waals surface area contributed by atoms with Crippen LogP contribution in [0.2, 0.25) is 0 Å². The van der Waals surface area contributed by atoms with Crippen molar-refractivity contribution in [2.24, 2.45) is 0 Å². The molecule has 0 amide bonds. The number of hydrogen-bond donors (Lipinski definition) is 0. The Kier molecular flexibility index (Phi) is 5.68. The second kappa shape index (κ2) is 5.93. The van der Waals surface area contributed by atoms with E-state index < -0.39 is 44.8 Å². The summed E-state index contributed by atoms with van der Waals surface area (Å²) in [6.07, 6.45) is -5.70. The molecule has 12 heteroatoms. The molecule has 0 N–H and O–H groups in total. The molecule has 2 nitrogen and oxygen atoms in total. The average Bonchev–Trinajstić information content (AvgIpc) is 2.33. The van der Waals surface area contributed by atoms with Crippen LogP contribution in [-0.4, -0.2) is 36.9 Å². The zero-order valence-corrected chi connectivity index (χ0v) is 11.9. The molecule has 0 aliphatic rings. The summed E-state index contributed by atoms with van der Waals surface area (Å²) in [4.78, 5) is 0. The van der Waals surface area contributed by atoms with Gasteiger partial charge in [-0.05, 0) is 20.3 Å². The van der Waals surface area contributed by atoms with Gasteiger partial charge in [0.1, 0.15) is 0 Å².